The Kier molecular flexibility index (Phi) is 5.52. The van der Waals surface area contributed by atoms with Crippen molar-refractivity contribution >= 4 is 5.78 Å². The SMILES string of the molecule is O=C(c1ccccc1)c1c(-c2ccccc2)oc(-c2ccccc2)c(-c2ccccc2)c1=O. The highest BCUT2D eigenvalue weighted by Crippen LogP contribution is 2.35. The van der Waals surface area contributed by atoms with Gasteiger partial charge < -0.3 is 4.42 Å². The summed E-state index contributed by atoms with van der Waals surface area (Å²) < 4.78 is 6.47. The van der Waals surface area contributed by atoms with E-state index in [0.29, 0.717) is 28.0 Å². The van der Waals surface area contributed by atoms with E-state index >= 15 is 0 Å². The van der Waals surface area contributed by atoms with Crippen LogP contribution in [0.25, 0.3) is 33.8 Å². The van der Waals surface area contributed by atoms with Crippen molar-refractivity contribution in [3.05, 3.63) is 143 Å². The molecule has 3 heteroatoms. The summed E-state index contributed by atoms with van der Waals surface area (Å²) in [6, 6.07) is 37.0. The minimum atomic E-state index is -0.361. The van der Waals surface area contributed by atoms with Gasteiger partial charge in [0.05, 0.1) is 5.56 Å². The van der Waals surface area contributed by atoms with Crippen LogP contribution < -0.4 is 5.43 Å². The van der Waals surface area contributed by atoms with Crippen LogP contribution in [0.1, 0.15) is 15.9 Å². The number of hydrogen-bond acceptors (Lipinski definition) is 3. The van der Waals surface area contributed by atoms with Gasteiger partial charge in [-0.2, -0.15) is 0 Å². The minimum absolute atomic E-state index is 0.0333. The van der Waals surface area contributed by atoms with Gasteiger partial charge >= 0.3 is 0 Å². The Morgan fingerprint density at radius 1 is 0.515 bits per heavy atom. The molecule has 1 heterocycles. The maximum atomic E-state index is 14.1. The zero-order chi connectivity index (χ0) is 22.6. The average Bonchev–Trinajstić information content (AvgIpc) is 2.90. The second-order valence-electron chi connectivity index (χ2n) is 7.63. The molecule has 0 saturated carbocycles. The van der Waals surface area contributed by atoms with Crippen molar-refractivity contribution in [3.8, 4) is 33.8 Å². The molecule has 0 fully saturated rings. The first-order valence-electron chi connectivity index (χ1n) is 10.7. The van der Waals surface area contributed by atoms with Gasteiger partial charge in [-0.1, -0.05) is 121 Å². The van der Waals surface area contributed by atoms with E-state index in [4.69, 9.17) is 4.42 Å². The predicted molar refractivity (Wildman–Crippen MR) is 131 cm³/mol. The Balaban J connectivity index is 1.89. The average molecular weight is 428 g/mol. The summed E-state index contributed by atoms with van der Waals surface area (Å²) in [5.41, 5.74) is 2.64. The van der Waals surface area contributed by atoms with Crippen molar-refractivity contribution in [2.45, 2.75) is 0 Å². The summed E-state index contributed by atoms with van der Waals surface area (Å²) in [7, 11) is 0. The van der Waals surface area contributed by atoms with Crippen LogP contribution in [0.15, 0.2) is 131 Å². The molecule has 5 aromatic rings. The van der Waals surface area contributed by atoms with Gasteiger partial charge in [-0.15, -0.1) is 0 Å². The lowest BCUT2D eigenvalue weighted by Crippen LogP contribution is -2.20. The standard InChI is InChI=1S/C30H20O3/c31-27(22-15-7-2-8-16-22)26-28(32)25(21-13-5-1-6-14-21)29(23-17-9-3-10-18-23)33-30(26)24-19-11-4-12-20-24/h1-20H. The third-order valence-electron chi connectivity index (χ3n) is 5.51. The fraction of sp³-hybridized carbons (Fsp3) is 0. The smallest absolute Gasteiger partial charge is 0.205 e. The number of carbonyl (C=O) groups is 1. The van der Waals surface area contributed by atoms with Crippen LogP contribution in [0, 0.1) is 0 Å². The van der Waals surface area contributed by atoms with Gasteiger partial charge in [0, 0.05) is 16.7 Å². The van der Waals surface area contributed by atoms with E-state index in [-0.39, 0.29) is 22.5 Å². The van der Waals surface area contributed by atoms with Gasteiger partial charge in [0.2, 0.25) is 11.2 Å². The van der Waals surface area contributed by atoms with E-state index in [1.807, 2.05) is 97.1 Å². The molecule has 0 aliphatic carbocycles. The molecular formula is C30H20O3. The number of ketones is 1. The molecule has 5 rings (SSSR count). The van der Waals surface area contributed by atoms with Crippen molar-refractivity contribution in [3.63, 3.8) is 0 Å². The Hall–Kier alpha value is -4.50. The first-order chi connectivity index (χ1) is 16.2. The van der Waals surface area contributed by atoms with E-state index in [1.54, 1.807) is 24.3 Å². The predicted octanol–water partition coefficient (Wildman–Crippen LogP) is 6.87. The second kappa shape index (κ2) is 8.93. The van der Waals surface area contributed by atoms with Crippen molar-refractivity contribution < 1.29 is 9.21 Å². The first kappa shape index (κ1) is 20.4. The molecule has 0 amide bonds. The second-order valence-corrected chi connectivity index (χ2v) is 7.63. The molecule has 0 saturated heterocycles. The number of carbonyl (C=O) groups excluding carboxylic acids is 1. The largest absolute Gasteiger partial charge is 0.454 e. The Morgan fingerprint density at radius 3 is 1.45 bits per heavy atom. The van der Waals surface area contributed by atoms with Crippen LogP contribution in [-0.4, -0.2) is 5.78 Å². The summed E-state index contributed by atoms with van der Waals surface area (Å²) in [5, 5.41) is 0. The third kappa shape index (κ3) is 3.92. The fourth-order valence-corrected chi connectivity index (χ4v) is 3.93. The van der Waals surface area contributed by atoms with E-state index in [0.717, 1.165) is 5.56 Å². The number of rotatable bonds is 5. The molecular weight excluding hydrogens is 408 g/mol. The molecule has 0 aliphatic rings. The van der Waals surface area contributed by atoms with Crippen LogP contribution in [0.3, 0.4) is 0 Å². The Bertz CT molecular complexity index is 1450. The van der Waals surface area contributed by atoms with Crippen LogP contribution in [0.4, 0.5) is 0 Å². The maximum absolute atomic E-state index is 14.1. The van der Waals surface area contributed by atoms with Gasteiger partial charge in [-0.25, -0.2) is 0 Å². The van der Waals surface area contributed by atoms with E-state index in [1.165, 1.54) is 0 Å². The molecule has 3 nitrogen and oxygen atoms in total. The third-order valence-corrected chi connectivity index (χ3v) is 5.51. The molecule has 1 aromatic heterocycles. The van der Waals surface area contributed by atoms with E-state index in [9.17, 15) is 9.59 Å². The lowest BCUT2D eigenvalue weighted by molar-refractivity contribution is 0.103. The van der Waals surface area contributed by atoms with Crippen LogP contribution in [0.2, 0.25) is 0 Å². The van der Waals surface area contributed by atoms with Gasteiger partial charge in [0.1, 0.15) is 17.1 Å². The van der Waals surface area contributed by atoms with Gasteiger partial charge in [0.15, 0.2) is 0 Å². The molecule has 0 unspecified atom stereocenters. The van der Waals surface area contributed by atoms with Gasteiger partial charge in [0.25, 0.3) is 0 Å². The molecule has 0 N–H and O–H groups in total. The highest BCUT2D eigenvalue weighted by molar-refractivity contribution is 6.13. The zero-order valence-corrected chi connectivity index (χ0v) is 17.8. The summed E-state index contributed by atoms with van der Waals surface area (Å²) >= 11 is 0. The number of hydrogen-bond donors (Lipinski definition) is 0. The topological polar surface area (TPSA) is 47.3 Å². The lowest BCUT2D eigenvalue weighted by Gasteiger charge is -2.15. The Morgan fingerprint density at radius 2 is 0.939 bits per heavy atom. The van der Waals surface area contributed by atoms with Crippen LogP contribution in [-0.2, 0) is 0 Å². The Labute approximate surface area is 191 Å². The first-order valence-corrected chi connectivity index (χ1v) is 10.7. The molecule has 0 aliphatic heterocycles. The van der Waals surface area contributed by atoms with E-state index < -0.39 is 0 Å². The van der Waals surface area contributed by atoms with Gasteiger partial charge in [-0.3, -0.25) is 9.59 Å². The highest BCUT2D eigenvalue weighted by atomic mass is 16.3. The molecule has 158 valence electrons. The molecule has 0 spiro atoms. The van der Waals surface area contributed by atoms with Crippen molar-refractivity contribution in [2.24, 2.45) is 0 Å². The maximum Gasteiger partial charge on any atom is 0.205 e. The number of benzene rings is 4. The minimum Gasteiger partial charge on any atom is -0.454 e. The summed E-state index contributed by atoms with van der Waals surface area (Å²) in [6.45, 7) is 0. The molecule has 0 bridgehead atoms. The summed E-state index contributed by atoms with van der Waals surface area (Å²) in [5.74, 6) is 0.350. The quantitative estimate of drug-likeness (QED) is 0.287. The fourth-order valence-electron chi connectivity index (χ4n) is 3.93. The molecule has 0 atom stereocenters. The summed E-state index contributed by atoms with van der Waals surface area (Å²) in [6.07, 6.45) is 0. The zero-order valence-electron chi connectivity index (χ0n) is 17.8. The van der Waals surface area contributed by atoms with Crippen molar-refractivity contribution in [2.75, 3.05) is 0 Å². The normalized spacial score (nSPS) is 10.7. The summed E-state index contributed by atoms with van der Waals surface area (Å²) in [4.78, 5) is 27.7. The van der Waals surface area contributed by atoms with Crippen molar-refractivity contribution in [1.29, 1.82) is 0 Å². The lowest BCUT2D eigenvalue weighted by atomic mass is 9.92. The van der Waals surface area contributed by atoms with Gasteiger partial charge in [-0.05, 0) is 5.56 Å². The highest BCUT2D eigenvalue weighted by Gasteiger charge is 2.27. The molecule has 4 aromatic carbocycles. The monoisotopic (exact) mass is 428 g/mol. The van der Waals surface area contributed by atoms with E-state index in [2.05, 4.69) is 0 Å². The molecule has 0 radical (unpaired) electrons. The van der Waals surface area contributed by atoms with Crippen molar-refractivity contribution in [1.82, 2.24) is 0 Å². The van der Waals surface area contributed by atoms with Crippen LogP contribution >= 0.6 is 0 Å². The molecule has 33 heavy (non-hydrogen) atoms. The van der Waals surface area contributed by atoms with Crippen LogP contribution in [0.5, 0.6) is 0 Å².